The molecule has 0 bridgehead atoms. The Balaban J connectivity index is 0.815. The predicted molar refractivity (Wildman–Crippen MR) is 197 cm³/mol. The van der Waals surface area contributed by atoms with Crippen LogP contribution >= 0.6 is 0 Å². The lowest BCUT2D eigenvalue weighted by Gasteiger charge is -2.14. The summed E-state index contributed by atoms with van der Waals surface area (Å²) in [6, 6.07) is 27.4. The number of benzene rings is 4. The fraction of sp³-hybridized carbons (Fsp3) is 0.381. The molecule has 2 fully saturated rings. The number of esters is 2. The van der Waals surface area contributed by atoms with Crippen molar-refractivity contribution < 1.29 is 57.0 Å². The van der Waals surface area contributed by atoms with Crippen molar-refractivity contribution in [2.24, 2.45) is 0 Å². The van der Waals surface area contributed by atoms with E-state index in [0.717, 1.165) is 26.1 Å². The van der Waals surface area contributed by atoms with E-state index < -0.39 is 11.9 Å². The largest absolute Gasteiger partial charge is 0.494 e. The molecule has 12 heteroatoms. The van der Waals surface area contributed by atoms with E-state index in [4.69, 9.17) is 47.4 Å². The van der Waals surface area contributed by atoms with E-state index in [0.29, 0.717) is 85.3 Å². The summed E-state index contributed by atoms with van der Waals surface area (Å²) in [6.45, 7) is 8.36. The molecule has 4 unspecified atom stereocenters. The lowest BCUT2D eigenvalue weighted by atomic mass is 10.2. The van der Waals surface area contributed by atoms with Crippen molar-refractivity contribution in [3.8, 4) is 34.5 Å². The highest BCUT2D eigenvalue weighted by Crippen LogP contribution is 2.22. The maximum atomic E-state index is 12.6. The Hall–Kier alpha value is -5.14. The molecule has 12 nitrogen and oxygen atoms in total. The second-order valence-corrected chi connectivity index (χ2v) is 13.0. The van der Waals surface area contributed by atoms with Gasteiger partial charge < -0.3 is 47.4 Å². The molecule has 2 aliphatic heterocycles. The van der Waals surface area contributed by atoms with Crippen LogP contribution in [0.2, 0.25) is 0 Å². The number of rotatable bonds is 23. The van der Waals surface area contributed by atoms with Gasteiger partial charge >= 0.3 is 11.9 Å². The van der Waals surface area contributed by atoms with Crippen molar-refractivity contribution in [3.63, 3.8) is 0 Å². The normalized spacial score (nSPS) is 16.8. The molecule has 286 valence electrons. The second-order valence-electron chi connectivity index (χ2n) is 13.0. The van der Waals surface area contributed by atoms with E-state index in [1.54, 1.807) is 97.1 Å². The highest BCUT2D eigenvalue weighted by atomic mass is 16.6. The van der Waals surface area contributed by atoms with Crippen molar-refractivity contribution in [1.29, 1.82) is 0 Å². The van der Waals surface area contributed by atoms with Crippen LogP contribution in [0.3, 0.4) is 0 Å². The number of hydrogen-bond donors (Lipinski definition) is 0. The van der Waals surface area contributed by atoms with E-state index in [1.165, 1.54) is 0 Å². The first-order chi connectivity index (χ1) is 26.4. The van der Waals surface area contributed by atoms with E-state index in [9.17, 15) is 9.59 Å². The van der Waals surface area contributed by atoms with E-state index >= 15 is 0 Å². The average molecular weight is 743 g/mol. The molecule has 0 radical (unpaired) electrons. The number of ether oxygens (including phenoxy) is 10. The highest BCUT2D eigenvalue weighted by molar-refractivity contribution is 5.91. The van der Waals surface area contributed by atoms with Crippen molar-refractivity contribution >= 4 is 11.9 Å². The van der Waals surface area contributed by atoms with Gasteiger partial charge in [-0.1, -0.05) is 0 Å². The number of unbranched alkanes of at least 4 members (excludes halogenated alkanes) is 1. The van der Waals surface area contributed by atoms with Gasteiger partial charge in [0.2, 0.25) is 0 Å². The van der Waals surface area contributed by atoms with Gasteiger partial charge in [0.1, 0.15) is 59.9 Å². The predicted octanol–water partition coefficient (Wildman–Crippen LogP) is 6.73. The molecule has 4 aromatic carbocycles. The lowest BCUT2D eigenvalue weighted by molar-refractivity contribution is 0.0241. The van der Waals surface area contributed by atoms with Crippen molar-refractivity contribution in [2.45, 2.75) is 51.1 Å². The van der Waals surface area contributed by atoms with Gasteiger partial charge in [0, 0.05) is 0 Å². The first-order valence-corrected chi connectivity index (χ1v) is 18.2. The molecule has 54 heavy (non-hydrogen) atoms. The van der Waals surface area contributed by atoms with E-state index in [2.05, 4.69) is 0 Å². The fourth-order valence-electron chi connectivity index (χ4n) is 4.89. The van der Waals surface area contributed by atoms with Gasteiger partial charge in [-0.25, -0.2) is 9.59 Å². The van der Waals surface area contributed by atoms with Crippen LogP contribution < -0.4 is 28.4 Å². The van der Waals surface area contributed by atoms with Crippen LogP contribution in [-0.2, 0) is 18.9 Å². The third kappa shape index (κ3) is 13.4. The van der Waals surface area contributed by atoms with E-state index in [1.807, 2.05) is 13.8 Å². The summed E-state index contributed by atoms with van der Waals surface area (Å²) in [5.41, 5.74) is 0.820. The molecular weight excluding hydrogens is 696 g/mol. The van der Waals surface area contributed by atoms with Crippen LogP contribution in [0.25, 0.3) is 0 Å². The molecule has 0 spiro atoms. The highest BCUT2D eigenvalue weighted by Gasteiger charge is 2.24. The molecule has 0 aliphatic carbocycles. The van der Waals surface area contributed by atoms with E-state index in [-0.39, 0.29) is 24.4 Å². The Labute approximate surface area is 315 Å². The topological polar surface area (TPSA) is 133 Å². The van der Waals surface area contributed by atoms with Crippen LogP contribution in [0.4, 0.5) is 0 Å². The zero-order valence-electron chi connectivity index (χ0n) is 30.5. The first-order valence-electron chi connectivity index (χ1n) is 18.2. The molecule has 0 saturated carbocycles. The monoisotopic (exact) mass is 742 g/mol. The Morgan fingerprint density at radius 1 is 0.519 bits per heavy atom. The Morgan fingerprint density at radius 2 is 0.833 bits per heavy atom. The van der Waals surface area contributed by atoms with Gasteiger partial charge in [-0.2, -0.15) is 0 Å². The molecule has 0 amide bonds. The quantitative estimate of drug-likeness (QED) is 0.0346. The van der Waals surface area contributed by atoms with Crippen molar-refractivity contribution in [2.75, 3.05) is 52.9 Å². The SMILES string of the molecule is CC(COc1ccc(OC(=O)c2ccc(OCCCCOc3ccc(C(=O)Oc4ccc(OCC(C)OCC5CO5)cc4)cc3)cc2)cc1)OCC1CO1. The fourth-order valence-corrected chi connectivity index (χ4v) is 4.89. The third-order valence-corrected chi connectivity index (χ3v) is 8.23. The first kappa shape index (κ1) is 38.6. The Kier molecular flexibility index (Phi) is 14.1. The zero-order chi connectivity index (χ0) is 37.5. The summed E-state index contributed by atoms with van der Waals surface area (Å²) in [6.07, 6.45) is 1.85. The number of carbonyl (C=O) groups excluding carboxylic acids is 2. The van der Waals surface area contributed by atoms with Crippen molar-refractivity contribution in [1.82, 2.24) is 0 Å². The molecule has 0 aromatic heterocycles. The second kappa shape index (κ2) is 19.8. The van der Waals surface area contributed by atoms with Crippen LogP contribution in [0.1, 0.15) is 47.4 Å². The Morgan fingerprint density at radius 3 is 1.19 bits per heavy atom. The molecule has 0 N–H and O–H groups in total. The maximum absolute atomic E-state index is 12.6. The third-order valence-electron chi connectivity index (χ3n) is 8.23. The Bertz CT molecular complexity index is 1600. The molecule has 4 atom stereocenters. The average Bonchev–Trinajstić information content (AvgIpc) is 4.14. The van der Waals surface area contributed by atoms with Crippen LogP contribution in [-0.4, -0.2) is 89.2 Å². The zero-order valence-corrected chi connectivity index (χ0v) is 30.5. The minimum absolute atomic E-state index is 0.0589. The minimum Gasteiger partial charge on any atom is -0.494 e. The van der Waals surface area contributed by atoms with Gasteiger partial charge in [0.15, 0.2) is 0 Å². The smallest absolute Gasteiger partial charge is 0.343 e. The van der Waals surface area contributed by atoms with Gasteiger partial charge in [0.05, 0.1) is 63.0 Å². The minimum atomic E-state index is -0.467. The summed E-state index contributed by atoms with van der Waals surface area (Å²) in [5, 5.41) is 0. The molecule has 2 aliphatic rings. The molecule has 6 rings (SSSR count). The van der Waals surface area contributed by atoms with Crippen LogP contribution in [0.5, 0.6) is 34.5 Å². The summed E-state index contributed by atoms with van der Waals surface area (Å²) >= 11 is 0. The molecule has 2 saturated heterocycles. The van der Waals surface area contributed by atoms with Crippen LogP contribution in [0, 0.1) is 0 Å². The number of carbonyl (C=O) groups is 2. The van der Waals surface area contributed by atoms with Gasteiger partial charge in [-0.3, -0.25) is 0 Å². The molecule has 2 heterocycles. The summed E-state index contributed by atoms with van der Waals surface area (Å²) in [4.78, 5) is 25.3. The maximum Gasteiger partial charge on any atom is 0.343 e. The number of epoxide rings is 2. The standard InChI is InChI=1S/C42H46O12/c1-29(47-25-39-27-51-39)23-49-35-13-17-37(18-14-35)53-41(43)31-5-9-33(10-6-31)45-21-3-4-22-46-34-11-7-32(8-12-34)42(44)54-38-19-15-36(16-20-38)50-24-30(2)48-26-40-28-52-40/h5-20,29-30,39-40H,3-4,21-28H2,1-2H3. The van der Waals surface area contributed by atoms with Gasteiger partial charge in [0.25, 0.3) is 0 Å². The molecular formula is C42H46O12. The van der Waals surface area contributed by atoms with Crippen molar-refractivity contribution in [3.05, 3.63) is 108 Å². The number of hydrogen-bond acceptors (Lipinski definition) is 12. The summed E-state index contributed by atoms with van der Waals surface area (Å²) < 4.78 is 55.8. The van der Waals surface area contributed by atoms with Gasteiger partial charge in [-0.05, 0) is 124 Å². The summed E-state index contributed by atoms with van der Waals surface area (Å²) in [5.74, 6) is 2.52. The lowest BCUT2D eigenvalue weighted by Crippen LogP contribution is -2.20. The summed E-state index contributed by atoms with van der Waals surface area (Å²) in [7, 11) is 0. The van der Waals surface area contributed by atoms with Crippen LogP contribution in [0.15, 0.2) is 97.1 Å². The molecule has 4 aromatic rings. The van der Waals surface area contributed by atoms with Gasteiger partial charge in [-0.15, -0.1) is 0 Å².